The van der Waals surface area contributed by atoms with Crippen LogP contribution in [0.1, 0.15) is 25.0 Å². The summed E-state index contributed by atoms with van der Waals surface area (Å²) < 4.78 is 5.42. The van der Waals surface area contributed by atoms with Gasteiger partial charge >= 0.3 is 6.03 Å². The van der Waals surface area contributed by atoms with Crippen molar-refractivity contribution < 1.29 is 14.3 Å². The molecule has 2 rings (SSSR count). The van der Waals surface area contributed by atoms with Crippen LogP contribution in [0.5, 0.6) is 0 Å². The maximum atomic E-state index is 12.5. The second kappa shape index (κ2) is 10.4. The number of morpholine rings is 1. The lowest BCUT2D eigenvalue weighted by molar-refractivity contribution is -0.116. The van der Waals surface area contributed by atoms with Gasteiger partial charge in [0, 0.05) is 38.4 Å². The van der Waals surface area contributed by atoms with Crippen molar-refractivity contribution in [3.63, 3.8) is 0 Å². The number of carbonyl (C=O) groups is 2. The Hall–Kier alpha value is -2.12. The second-order valence-corrected chi connectivity index (χ2v) is 7.82. The molecule has 1 aromatic carbocycles. The van der Waals surface area contributed by atoms with Crippen LogP contribution in [0.25, 0.3) is 0 Å². The Bertz CT molecular complexity index is 651. The van der Waals surface area contributed by atoms with Crippen molar-refractivity contribution in [3.8, 4) is 0 Å². The summed E-state index contributed by atoms with van der Waals surface area (Å²) in [6.45, 7) is 12.0. The van der Waals surface area contributed by atoms with Crippen molar-refractivity contribution in [2.24, 2.45) is 5.92 Å². The summed E-state index contributed by atoms with van der Waals surface area (Å²) in [4.78, 5) is 28.6. The van der Waals surface area contributed by atoms with Gasteiger partial charge in [-0.05, 0) is 30.9 Å². The van der Waals surface area contributed by atoms with Gasteiger partial charge in [0.15, 0.2) is 0 Å². The van der Waals surface area contributed by atoms with Gasteiger partial charge in [-0.3, -0.25) is 9.69 Å². The van der Waals surface area contributed by atoms with E-state index in [0.717, 1.165) is 43.1 Å². The van der Waals surface area contributed by atoms with Crippen LogP contribution in [0.2, 0.25) is 0 Å². The SMILES string of the molecule is Cc1cccc(C)c1NC(=O)CN(C)C(=O)NC[C@H](C(C)C)N1CCOCC1. The number of aryl methyl sites for hydroxylation is 2. The van der Waals surface area contributed by atoms with Gasteiger partial charge in [-0.25, -0.2) is 4.79 Å². The Morgan fingerprint density at radius 1 is 1.18 bits per heavy atom. The maximum absolute atomic E-state index is 12.5. The van der Waals surface area contributed by atoms with E-state index in [4.69, 9.17) is 4.74 Å². The molecule has 7 heteroatoms. The Morgan fingerprint density at radius 2 is 1.79 bits per heavy atom. The number of ether oxygens (including phenoxy) is 1. The molecule has 1 atom stereocenters. The second-order valence-electron chi connectivity index (χ2n) is 7.82. The number of urea groups is 1. The van der Waals surface area contributed by atoms with Crippen LogP contribution in [-0.2, 0) is 9.53 Å². The van der Waals surface area contributed by atoms with E-state index in [1.165, 1.54) is 4.90 Å². The van der Waals surface area contributed by atoms with Gasteiger partial charge in [-0.15, -0.1) is 0 Å². The Morgan fingerprint density at radius 3 is 2.36 bits per heavy atom. The lowest BCUT2D eigenvalue weighted by atomic mass is 10.0. The van der Waals surface area contributed by atoms with Gasteiger partial charge in [-0.1, -0.05) is 32.0 Å². The minimum absolute atomic E-state index is 0.00348. The fraction of sp³-hybridized carbons (Fsp3) is 0.619. The van der Waals surface area contributed by atoms with Crippen molar-refractivity contribution in [3.05, 3.63) is 29.3 Å². The molecule has 2 N–H and O–H groups in total. The molecule has 1 aromatic rings. The fourth-order valence-corrected chi connectivity index (χ4v) is 3.50. The van der Waals surface area contributed by atoms with E-state index in [0.29, 0.717) is 12.5 Å². The zero-order valence-electron chi connectivity index (χ0n) is 17.7. The highest BCUT2D eigenvalue weighted by atomic mass is 16.5. The number of likely N-dealkylation sites (N-methyl/N-ethyl adjacent to an activating group) is 1. The van der Waals surface area contributed by atoms with Crippen LogP contribution in [0, 0.1) is 19.8 Å². The van der Waals surface area contributed by atoms with E-state index in [1.807, 2.05) is 32.0 Å². The van der Waals surface area contributed by atoms with E-state index in [-0.39, 0.29) is 24.5 Å². The summed E-state index contributed by atoms with van der Waals surface area (Å²) >= 11 is 0. The van der Waals surface area contributed by atoms with Crippen LogP contribution in [0.15, 0.2) is 18.2 Å². The Balaban J connectivity index is 1.85. The summed E-state index contributed by atoms with van der Waals surface area (Å²) in [5, 5.41) is 5.89. The van der Waals surface area contributed by atoms with Crippen LogP contribution in [0.3, 0.4) is 0 Å². The van der Waals surface area contributed by atoms with E-state index in [2.05, 4.69) is 29.4 Å². The van der Waals surface area contributed by atoms with Gasteiger partial charge in [0.25, 0.3) is 0 Å². The van der Waals surface area contributed by atoms with Crippen molar-refractivity contribution >= 4 is 17.6 Å². The van der Waals surface area contributed by atoms with Crippen LogP contribution < -0.4 is 10.6 Å². The zero-order chi connectivity index (χ0) is 20.7. The number of benzene rings is 1. The van der Waals surface area contributed by atoms with Crippen molar-refractivity contribution in [2.75, 3.05) is 51.8 Å². The number of amides is 3. The average molecular weight is 391 g/mol. The summed E-state index contributed by atoms with van der Waals surface area (Å²) in [5.41, 5.74) is 2.82. The lowest BCUT2D eigenvalue weighted by Crippen LogP contribution is -2.52. The van der Waals surface area contributed by atoms with Gasteiger partial charge in [0.1, 0.15) is 6.54 Å². The van der Waals surface area contributed by atoms with Crippen LogP contribution in [0.4, 0.5) is 10.5 Å². The standard InChI is InChI=1S/C21H34N4O3/c1-15(2)18(25-9-11-28-12-10-25)13-22-21(27)24(5)14-19(26)23-20-16(3)7-6-8-17(20)4/h6-8,15,18H,9-14H2,1-5H3,(H,22,27)(H,23,26)/t18-/m1/s1. The molecule has 0 aliphatic carbocycles. The summed E-state index contributed by atoms with van der Waals surface area (Å²) in [7, 11) is 1.64. The first-order chi connectivity index (χ1) is 13.3. The van der Waals surface area contributed by atoms with Crippen LogP contribution >= 0.6 is 0 Å². The summed E-state index contributed by atoms with van der Waals surface area (Å²) in [6.07, 6.45) is 0. The molecule has 0 unspecified atom stereocenters. The molecule has 1 heterocycles. The molecule has 0 bridgehead atoms. The third kappa shape index (κ3) is 6.21. The van der Waals surface area contributed by atoms with Gasteiger partial charge in [0.05, 0.1) is 13.2 Å². The van der Waals surface area contributed by atoms with Crippen molar-refractivity contribution in [2.45, 2.75) is 33.7 Å². The minimum atomic E-state index is -0.240. The molecule has 1 fully saturated rings. The smallest absolute Gasteiger partial charge is 0.317 e. The van der Waals surface area contributed by atoms with E-state index in [1.54, 1.807) is 7.05 Å². The first-order valence-electron chi connectivity index (χ1n) is 9.96. The highest BCUT2D eigenvalue weighted by Crippen LogP contribution is 2.19. The minimum Gasteiger partial charge on any atom is -0.379 e. The Kier molecular flexibility index (Phi) is 8.26. The molecule has 1 saturated heterocycles. The zero-order valence-corrected chi connectivity index (χ0v) is 17.7. The molecule has 1 aliphatic rings. The average Bonchev–Trinajstić information content (AvgIpc) is 2.65. The van der Waals surface area contributed by atoms with E-state index >= 15 is 0 Å². The predicted octanol–water partition coefficient (Wildman–Crippen LogP) is 2.24. The van der Waals surface area contributed by atoms with Crippen molar-refractivity contribution in [1.29, 1.82) is 0 Å². The molecule has 0 spiro atoms. The number of hydrogen-bond donors (Lipinski definition) is 2. The monoisotopic (exact) mass is 390 g/mol. The molecular formula is C21H34N4O3. The lowest BCUT2D eigenvalue weighted by Gasteiger charge is -2.37. The normalized spacial score (nSPS) is 15.9. The van der Waals surface area contributed by atoms with Crippen LogP contribution in [-0.4, -0.2) is 74.2 Å². The fourth-order valence-electron chi connectivity index (χ4n) is 3.50. The first kappa shape index (κ1) is 22.2. The Labute approximate surface area is 168 Å². The number of carbonyl (C=O) groups excluding carboxylic acids is 2. The molecule has 3 amide bonds. The van der Waals surface area contributed by atoms with E-state index < -0.39 is 0 Å². The van der Waals surface area contributed by atoms with Gasteiger partial charge < -0.3 is 20.3 Å². The van der Waals surface area contributed by atoms with Gasteiger partial charge in [-0.2, -0.15) is 0 Å². The topological polar surface area (TPSA) is 73.9 Å². The van der Waals surface area contributed by atoms with E-state index in [9.17, 15) is 9.59 Å². The third-order valence-electron chi connectivity index (χ3n) is 5.22. The summed E-state index contributed by atoms with van der Waals surface area (Å²) in [5.74, 6) is 0.208. The van der Waals surface area contributed by atoms with Crippen molar-refractivity contribution in [1.82, 2.24) is 15.1 Å². The molecule has 1 aliphatic heterocycles. The predicted molar refractivity (Wildman–Crippen MR) is 112 cm³/mol. The molecule has 7 nitrogen and oxygen atoms in total. The summed E-state index contributed by atoms with van der Waals surface area (Å²) in [6, 6.07) is 5.88. The number of rotatable bonds is 7. The molecule has 0 saturated carbocycles. The highest BCUT2D eigenvalue weighted by Gasteiger charge is 2.25. The first-order valence-corrected chi connectivity index (χ1v) is 9.96. The quantitative estimate of drug-likeness (QED) is 0.749. The number of hydrogen-bond acceptors (Lipinski definition) is 4. The number of anilines is 1. The largest absolute Gasteiger partial charge is 0.379 e. The molecule has 0 aromatic heterocycles. The maximum Gasteiger partial charge on any atom is 0.317 e. The van der Waals surface area contributed by atoms with Gasteiger partial charge in [0.2, 0.25) is 5.91 Å². The highest BCUT2D eigenvalue weighted by molar-refractivity contribution is 5.95. The number of nitrogens with one attached hydrogen (secondary N) is 2. The molecular weight excluding hydrogens is 356 g/mol. The molecule has 156 valence electrons. The molecule has 0 radical (unpaired) electrons. The third-order valence-corrected chi connectivity index (χ3v) is 5.22. The molecule has 28 heavy (non-hydrogen) atoms. The number of nitrogens with zero attached hydrogens (tertiary/aromatic N) is 2. The number of para-hydroxylation sites is 1.